The highest BCUT2D eigenvalue weighted by Gasteiger charge is 2.01. The summed E-state index contributed by atoms with van der Waals surface area (Å²) in [5.41, 5.74) is 5.13. The van der Waals surface area contributed by atoms with Crippen molar-refractivity contribution in [1.29, 1.82) is 0 Å². The van der Waals surface area contributed by atoms with Crippen molar-refractivity contribution in [3.05, 3.63) is 54.6 Å². The van der Waals surface area contributed by atoms with E-state index in [4.69, 9.17) is 4.42 Å². The van der Waals surface area contributed by atoms with Crippen molar-refractivity contribution < 1.29 is 4.42 Å². The number of hydrogen-bond donors (Lipinski definition) is 1. The van der Waals surface area contributed by atoms with E-state index in [-0.39, 0.29) is 6.01 Å². The van der Waals surface area contributed by atoms with Gasteiger partial charge in [-0.25, -0.2) is 0 Å². The number of nitrogens with zero attached hydrogens (tertiary/aromatic N) is 4. The topological polar surface area (TPSA) is 75.1 Å². The fourth-order valence-electron chi connectivity index (χ4n) is 1.62. The summed E-state index contributed by atoms with van der Waals surface area (Å²) >= 11 is 0. The Kier molecular flexibility index (Phi) is 3.46. The van der Waals surface area contributed by atoms with Gasteiger partial charge in [0.15, 0.2) is 11.9 Å². The van der Waals surface area contributed by atoms with Gasteiger partial charge in [0, 0.05) is 0 Å². The van der Waals surface area contributed by atoms with Crippen LogP contribution in [0, 0.1) is 0 Å². The van der Waals surface area contributed by atoms with Gasteiger partial charge < -0.3 is 4.42 Å². The predicted molar refractivity (Wildman–Crippen MR) is 77.1 cm³/mol. The van der Waals surface area contributed by atoms with Crippen LogP contribution in [0.2, 0.25) is 0 Å². The van der Waals surface area contributed by atoms with Crippen LogP contribution in [0.1, 0.15) is 0 Å². The number of oxazole rings is 1. The zero-order valence-corrected chi connectivity index (χ0v) is 10.5. The minimum Gasteiger partial charge on any atom is -0.421 e. The summed E-state index contributed by atoms with van der Waals surface area (Å²) in [6.45, 7) is 0. The van der Waals surface area contributed by atoms with E-state index in [1.807, 2.05) is 54.6 Å². The zero-order chi connectivity index (χ0) is 13.6. The summed E-state index contributed by atoms with van der Waals surface area (Å²) in [6, 6.07) is 17.2. The molecule has 0 unspecified atom stereocenters. The predicted octanol–water partition coefficient (Wildman–Crippen LogP) is 3.97. The van der Waals surface area contributed by atoms with E-state index in [2.05, 4.69) is 25.7 Å². The molecule has 6 nitrogen and oxygen atoms in total. The molecule has 0 spiro atoms. The Labute approximate surface area is 114 Å². The van der Waals surface area contributed by atoms with Crippen LogP contribution in [-0.4, -0.2) is 11.3 Å². The summed E-state index contributed by atoms with van der Waals surface area (Å²) < 4.78 is 5.38. The second kappa shape index (κ2) is 5.75. The number of rotatable bonds is 4. The first-order valence-corrected chi connectivity index (χ1v) is 6.01. The number of aromatic nitrogens is 1. The molecule has 3 aromatic rings. The van der Waals surface area contributed by atoms with Crippen LogP contribution < -0.4 is 5.43 Å². The Balaban J connectivity index is 1.62. The molecule has 0 aliphatic carbocycles. The molecule has 0 radical (unpaired) electrons. The van der Waals surface area contributed by atoms with Crippen LogP contribution in [0.5, 0.6) is 0 Å². The smallest absolute Gasteiger partial charge is 0.342 e. The summed E-state index contributed by atoms with van der Waals surface area (Å²) in [7, 11) is 0. The third kappa shape index (κ3) is 2.86. The lowest BCUT2D eigenvalue weighted by molar-refractivity contribution is 0.607. The van der Waals surface area contributed by atoms with Crippen molar-refractivity contribution in [1.82, 2.24) is 4.98 Å². The van der Waals surface area contributed by atoms with Gasteiger partial charge in [0.05, 0.1) is 5.69 Å². The van der Waals surface area contributed by atoms with Gasteiger partial charge in [-0.15, -0.1) is 5.11 Å². The molecular formula is C14H11N5O. The van der Waals surface area contributed by atoms with E-state index in [1.165, 1.54) is 6.34 Å². The number of hydrazone groups is 1. The van der Waals surface area contributed by atoms with Crippen molar-refractivity contribution in [3.8, 4) is 0 Å². The fourth-order valence-corrected chi connectivity index (χ4v) is 1.62. The quantitative estimate of drug-likeness (QED) is 0.335. The molecule has 0 amide bonds. The molecule has 0 saturated heterocycles. The molecular weight excluding hydrogens is 254 g/mol. The van der Waals surface area contributed by atoms with Crippen molar-refractivity contribution in [2.45, 2.75) is 0 Å². The largest absolute Gasteiger partial charge is 0.421 e. The maximum Gasteiger partial charge on any atom is 0.342 e. The molecule has 20 heavy (non-hydrogen) atoms. The number of hydrogen-bond acceptors (Lipinski definition) is 5. The van der Waals surface area contributed by atoms with Gasteiger partial charge in [-0.3, -0.25) is 5.43 Å². The van der Waals surface area contributed by atoms with Crippen molar-refractivity contribution in [2.24, 2.45) is 15.3 Å². The van der Waals surface area contributed by atoms with Gasteiger partial charge in [0.1, 0.15) is 5.52 Å². The van der Waals surface area contributed by atoms with Crippen molar-refractivity contribution in [2.75, 3.05) is 5.43 Å². The lowest BCUT2D eigenvalue weighted by Gasteiger charge is -1.95. The van der Waals surface area contributed by atoms with E-state index < -0.39 is 0 Å². The Bertz CT molecular complexity index is 715. The van der Waals surface area contributed by atoms with Gasteiger partial charge in [0.2, 0.25) is 0 Å². The first-order chi connectivity index (χ1) is 9.92. The van der Waals surface area contributed by atoms with Gasteiger partial charge in [-0.2, -0.15) is 10.1 Å². The highest BCUT2D eigenvalue weighted by molar-refractivity contribution is 5.73. The second-order valence-corrected chi connectivity index (χ2v) is 3.90. The molecule has 1 heterocycles. The van der Waals surface area contributed by atoms with Crippen LogP contribution in [0.15, 0.2) is 74.3 Å². The maximum absolute atomic E-state index is 5.38. The highest BCUT2D eigenvalue weighted by Crippen LogP contribution is 2.20. The first kappa shape index (κ1) is 12.0. The lowest BCUT2D eigenvalue weighted by Crippen LogP contribution is -1.86. The van der Waals surface area contributed by atoms with Crippen LogP contribution >= 0.6 is 0 Å². The molecule has 0 saturated carbocycles. The SMILES string of the molecule is C(=NNc1ccccc1)N=Nc1nc2ccccc2o1. The van der Waals surface area contributed by atoms with Gasteiger partial charge in [-0.05, 0) is 24.3 Å². The highest BCUT2D eigenvalue weighted by atomic mass is 16.4. The summed E-state index contributed by atoms with van der Waals surface area (Å²) in [4.78, 5) is 4.16. The Morgan fingerprint density at radius 1 is 1.00 bits per heavy atom. The molecule has 1 aromatic heterocycles. The molecule has 0 fully saturated rings. The zero-order valence-electron chi connectivity index (χ0n) is 10.5. The molecule has 0 aliphatic rings. The van der Waals surface area contributed by atoms with E-state index in [9.17, 15) is 0 Å². The summed E-state index contributed by atoms with van der Waals surface area (Å²) in [5.74, 6) is 0. The van der Waals surface area contributed by atoms with Crippen molar-refractivity contribution in [3.63, 3.8) is 0 Å². The molecule has 0 bridgehead atoms. The van der Waals surface area contributed by atoms with E-state index in [0.29, 0.717) is 5.58 Å². The third-order valence-electron chi connectivity index (χ3n) is 2.50. The standard InChI is InChI=1S/C14H11N5O/c1-2-6-11(7-3-1)18-15-10-16-19-14-17-12-8-4-5-9-13(12)20-14/h1-10,18H. The number of azo groups is 1. The van der Waals surface area contributed by atoms with Gasteiger partial charge >= 0.3 is 6.01 Å². The number of benzene rings is 2. The van der Waals surface area contributed by atoms with Crippen LogP contribution in [0.3, 0.4) is 0 Å². The van der Waals surface area contributed by atoms with Crippen LogP contribution in [0.25, 0.3) is 11.1 Å². The Hall–Kier alpha value is -3.02. The summed E-state index contributed by atoms with van der Waals surface area (Å²) in [6.07, 6.45) is 1.29. The normalized spacial score (nSPS) is 11.6. The first-order valence-electron chi connectivity index (χ1n) is 6.01. The third-order valence-corrected chi connectivity index (χ3v) is 2.50. The minimum atomic E-state index is 0.206. The summed E-state index contributed by atoms with van der Waals surface area (Å²) in [5, 5.41) is 11.5. The van der Waals surface area contributed by atoms with E-state index in [0.717, 1.165) is 11.2 Å². The number of fused-ring (bicyclic) bond motifs is 1. The van der Waals surface area contributed by atoms with E-state index >= 15 is 0 Å². The van der Waals surface area contributed by atoms with Gasteiger partial charge in [-0.1, -0.05) is 35.4 Å². The number of anilines is 1. The average molecular weight is 265 g/mol. The van der Waals surface area contributed by atoms with Crippen LogP contribution in [-0.2, 0) is 0 Å². The molecule has 2 aromatic carbocycles. The lowest BCUT2D eigenvalue weighted by atomic mass is 10.3. The fraction of sp³-hybridized carbons (Fsp3) is 0. The maximum atomic E-state index is 5.38. The monoisotopic (exact) mass is 265 g/mol. The number of para-hydroxylation sites is 3. The number of nitrogens with one attached hydrogen (secondary N) is 1. The Morgan fingerprint density at radius 3 is 2.65 bits per heavy atom. The Morgan fingerprint density at radius 2 is 1.80 bits per heavy atom. The molecule has 1 N–H and O–H groups in total. The molecule has 98 valence electrons. The second-order valence-electron chi connectivity index (χ2n) is 3.90. The van der Waals surface area contributed by atoms with Crippen molar-refractivity contribution >= 4 is 29.1 Å². The molecule has 6 heteroatoms. The van der Waals surface area contributed by atoms with Gasteiger partial charge in [0.25, 0.3) is 0 Å². The molecule has 0 aliphatic heterocycles. The van der Waals surface area contributed by atoms with E-state index in [1.54, 1.807) is 0 Å². The van der Waals surface area contributed by atoms with Crippen LogP contribution in [0.4, 0.5) is 11.7 Å². The minimum absolute atomic E-state index is 0.206. The molecule has 0 atom stereocenters. The average Bonchev–Trinajstić information content (AvgIpc) is 2.90. The molecule has 3 rings (SSSR count).